The van der Waals surface area contributed by atoms with Crippen LogP contribution in [-0.2, 0) is 5.41 Å². The Kier molecular flexibility index (Phi) is 9.48. The minimum absolute atomic E-state index is 0.441. The second-order valence-corrected chi connectivity index (χ2v) is 16.0. The van der Waals surface area contributed by atoms with E-state index in [9.17, 15) is 0 Å². The van der Waals surface area contributed by atoms with Crippen LogP contribution in [0.15, 0.2) is 261 Å². The number of rotatable bonds is 9. The molecule has 11 rings (SSSR count). The van der Waals surface area contributed by atoms with E-state index in [1.54, 1.807) is 0 Å². The highest BCUT2D eigenvalue weighted by atomic mass is 15.1. The molecule has 0 amide bonds. The minimum atomic E-state index is -0.441. The van der Waals surface area contributed by atoms with Crippen LogP contribution in [0, 0.1) is 0 Å². The maximum absolute atomic E-state index is 2.36. The van der Waals surface area contributed by atoms with Crippen LogP contribution in [0.1, 0.15) is 22.3 Å². The normalized spacial score (nSPS) is 12.3. The van der Waals surface area contributed by atoms with Crippen molar-refractivity contribution in [1.29, 1.82) is 0 Å². The van der Waals surface area contributed by atoms with E-state index >= 15 is 0 Å². The highest BCUT2D eigenvalue weighted by Gasteiger charge is 2.46. The lowest BCUT2D eigenvalue weighted by Crippen LogP contribution is -2.28. The smallest absolute Gasteiger partial charge is 0.0713 e. The molecule has 0 radical (unpaired) electrons. The van der Waals surface area contributed by atoms with Crippen LogP contribution < -0.4 is 4.90 Å². The molecule has 0 fully saturated rings. The van der Waals surface area contributed by atoms with Gasteiger partial charge in [0.2, 0.25) is 0 Å². The van der Waals surface area contributed by atoms with E-state index in [-0.39, 0.29) is 0 Å². The summed E-state index contributed by atoms with van der Waals surface area (Å²) in [4.78, 5) is 2.36. The quantitative estimate of drug-likeness (QED) is 0.141. The molecule has 1 aliphatic carbocycles. The van der Waals surface area contributed by atoms with Crippen LogP contribution >= 0.6 is 0 Å². The molecule has 0 saturated carbocycles. The molecule has 1 nitrogen and oxygen atoms in total. The molecule has 0 unspecified atom stereocenters. The van der Waals surface area contributed by atoms with Gasteiger partial charge < -0.3 is 4.90 Å². The first-order valence-corrected chi connectivity index (χ1v) is 21.4. The zero-order valence-corrected chi connectivity index (χ0v) is 34.3. The van der Waals surface area contributed by atoms with Gasteiger partial charge in [0.1, 0.15) is 0 Å². The summed E-state index contributed by atoms with van der Waals surface area (Å²) < 4.78 is 0. The number of benzene rings is 10. The first kappa shape index (κ1) is 37.0. The first-order valence-electron chi connectivity index (χ1n) is 21.4. The van der Waals surface area contributed by atoms with Crippen LogP contribution in [0.5, 0.6) is 0 Å². The SMILES string of the molecule is c1ccc(-c2ccc(-c3ccc(N(c4ccc(-c5ccccc5)cc4)c4ccc(-c5cccc6c5-c5ccccc5C6(c5ccccc5)c5ccccc5)cc4)cc3)cc2)cc1. The van der Waals surface area contributed by atoms with E-state index in [2.05, 4.69) is 266 Å². The van der Waals surface area contributed by atoms with Gasteiger partial charge in [0.25, 0.3) is 0 Å². The van der Waals surface area contributed by atoms with Gasteiger partial charge in [-0.15, -0.1) is 0 Å². The van der Waals surface area contributed by atoms with Gasteiger partial charge in [-0.1, -0.05) is 224 Å². The van der Waals surface area contributed by atoms with E-state index in [4.69, 9.17) is 0 Å². The van der Waals surface area contributed by atoms with Crippen LogP contribution in [-0.4, -0.2) is 0 Å². The summed E-state index contributed by atoms with van der Waals surface area (Å²) in [6.07, 6.45) is 0. The molecule has 10 aromatic carbocycles. The average Bonchev–Trinajstić information content (AvgIpc) is 3.67. The summed E-state index contributed by atoms with van der Waals surface area (Å²) in [5.41, 5.74) is 20.2. The fourth-order valence-corrected chi connectivity index (χ4v) is 9.69. The number of fused-ring (bicyclic) bond motifs is 3. The van der Waals surface area contributed by atoms with Crippen LogP contribution in [0.2, 0.25) is 0 Å². The Morgan fingerprint density at radius 3 is 1.00 bits per heavy atom. The summed E-state index contributed by atoms with van der Waals surface area (Å²) in [7, 11) is 0. The van der Waals surface area contributed by atoms with Gasteiger partial charge in [-0.05, 0) is 114 Å². The van der Waals surface area contributed by atoms with Crippen LogP contribution in [0.3, 0.4) is 0 Å². The first-order chi connectivity index (χ1) is 30.8. The number of hydrogen-bond donors (Lipinski definition) is 0. The van der Waals surface area contributed by atoms with Gasteiger partial charge in [-0.25, -0.2) is 0 Å². The van der Waals surface area contributed by atoms with Crippen LogP contribution in [0.25, 0.3) is 55.6 Å². The van der Waals surface area contributed by atoms with Gasteiger partial charge in [0.15, 0.2) is 0 Å². The zero-order chi connectivity index (χ0) is 41.3. The Balaban J connectivity index is 0.994. The molecule has 0 heterocycles. The Hall–Kier alpha value is -8.00. The van der Waals surface area contributed by atoms with E-state index in [1.807, 2.05) is 0 Å². The average molecular weight is 790 g/mol. The lowest BCUT2D eigenvalue weighted by Gasteiger charge is -2.34. The summed E-state index contributed by atoms with van der Waals surface area (Å²) in [6, 6.07) is 95.0. The molecular formula is C61H43N. The van der Waals surface area contributed by atoms with E-state index in [0.29, 0.717) is 0 Å². The highest BCUT2D eigenvalue weighted by molar-refractivity contribution is 5.96. The van der Waals surface area contributed by atoms with Crippen molar-refractivity contribution in [2.75, 3.05) is 4.90 Å². The van der Waals surface area contributed by atoms with Crippen molar-refractivity contribution in [2.45, 2.75) is 5.41 Å². The second-order valence-electron chi connectivity index (χ2n) is 16.0. The van der Waals surface area contributed by atoms with Crippen molar-refractivity contribution in [3.8, 4) is 55.6 Å². The molecule has 62 heavy (non-hydrogen) atoms. The van der Waals surface area contributed by atoms with E-state index in [1.165, 1.54) is 77.9 Å². The molecule has 1 aliphatic rings. The summed E-state index contributed by atoms with van der Waals surface area (Å²) >= 11 is 0. The van der Waals surface area contributed by atoms with Gasteiger partial charge in [-0.2, -0.15) is 0 Å². The maximum atomic E-state index is 2.36. The van der Waals surface area contributed by atoms with Gasteiger partial charge in [0, 0.05) is 17.1 Å². The van der Waals surface area contributed by atoms with E-state index < -0.39 is 5.41 Å². The maximum Gasteiger partial charge on any atom is 0.0713 e. The third kappa shape index (κ3) is 6.43. The van der Waals surface area contributed by atoms with Crippen molar-refractivity contribution in [2.24, 2.45) is 0 Å². The molecule has 0 atom stereocenters. The lowest BCUT2D eigenvalue weighted by molar-refractivity contribution is 0.768. The molecule has 0 aliphatic heterocycles. The summed E-state index contributed by atoms with van der Waals surface area (Å²) in [6.45, 7) is 0. The predicted octanol–water partition coefficient (Wildman–Crippen LogP) is 16.2. The van der Waals surface area contributed by atoms with Crippen molar-refractivity contribution in [1.82, 2.24) is 0 Å². The fourth-order valence-electron chi connectivity index (χ4n) is 9.69. The Morgan fingerprint density at radius 1 is 0.226 bits per heavy atom. The van der Waals surface area contributed by atoms with Crippen LogP contribution in [0.4, 0.5) is 17.1 Å². The number of nitrogens with zero attached hydrogens (tertiary/aromatic N) is 1. The fraction of sp³-hybridized carbons (Fsp3) is 0.0164. The van der Waals surface area contributed by atoms with Crippen molar-refractivity contribution >= 4 is 17.1 Å². The van der Waals surface area contributed by atoms with E-state index in [0.717, 1.165) is 17.1 Å². The Labute approximate surface area is 364 Å². The van der Waals surface area contributed by atoms with Crippen molar-refractivity contribution < 1.29 is 0 Å². The predicted molar refractivity (Wildman–Crippen MR) is 260 cm³/mol. The lowest BCUT2D eigenvalue weighted by atomic mass is 9.67. The highest BCUT2D eigenvalue weighted by Crippen LogP contribution is 2.58. The molecular weight excluding hydrogens is 747 g/mol. The molecule has 10 aromatic rings. The molecule has 0 bridgehead atoms. The molecule has 292 valence electrons. The van der Waals surface area contributed by atoms with Gasteiger partial charge in [-0.3, -0.25) is 0 Å². The summed E-state index contributed by atoms with van der Waals surface area (Å²) in [5, 5.41) is 0. The molecule has 0 spiro atoms. The largest absolute Gasteiger partial charge is 0.311 e. The number of hydrogen-bond acceptors (Lipinski definition) is 1. The monoisotopic (exact) mass is 789 g/mol. The Bertz CT molecular complexity index is 3060. The van der Waals surface area contributed by atoms with Gasteiger partial charge in [0.05, 0.1) is 5.41 Å². The molecule has 0 aromatic heterocycles. The third-order valence-corrected chi connectivity index (χ3v) is 12.6. The Morgan fingerprint density at radius 2 is 0.548 bits per heavy atom. The third-order valence-electron chi connectivity index (χ3n) is 12.6. The minimum Gasteiger partial charge on any atom is -0.311 e. The molecule has 0 saturated heterocycles. The van der Waals surface area contributed by atoms with Crippen molar-refractivity contribution in [3.05, 3.63) is 283 Å². The summed E-state index contributed by atoms with van der Waals surface area (Å²) in [5.74, 6) is 0. The number of anilines is 3. The second kappa shape index (κ2) is 15.9. The van der Waals surface area contributed by atoms with Crippen molar-refractivity contribution in [3.63, 3.8) is 0 Å². The molecule has 0 N–H and O–H groups in total. The topological polar surface area (TPSA) is 3.24 Å². The standard InChI is InChI=1S/C61H43N/c1-5-16-44(17-6-1)46-28-30-47(31-29-46)49-34-40-54(41-35-49)62(53-38-32-48(33-39-53)45-18-7-2-8-19-45)55-42-36-50(37-43-55)56-25-15-27-59-60(56)57-24-13-14-26-58(57)61(59,51-20-9-3-10-21-51)52-22-11-4-12-23-52/h1-43H. The molecule has 1 heteroatoms. The van der Waals surface area contributed by atoms with Gasteiger partial charge >= 0.3 is 0 Å². The zero-order valence-electron chi connectivity index (χ0n) is 34.3.